The second-order valence-corrected chi connectivity index (χ2v) is 9.02. The van der Waals surface area contributed by atoms with Gasteiger partial charge in [-0.2, -0.15) is 0 Å². The minimum atomic E-state index is -1.12. The molecule has 0 aliphatic rings. The summed E-state index contributed by atoms with van der Waals surface area (Å²) in [5.41, 5.74) is 3.26. The number of nitrogens with one attached hydrogen (secondary N) is 1. The van der Waals surface area contributed by atoms with E-state index < -0.39 is 10.8 Å². The van der Waals surface area contributed by atoms with Crippen molar-refractivity contribution in [2.24, 2.45) is 0 Å². The van der Waals surface area contributed by atoms with Crippen LogP contribution in [-0.2, 0) is 17.2 Å². The average Bonchev–Trinajstić information content (AvgIpc) is 2.96. The van der Waals surface area contributed by atoms with Gasteiger partial charge in [0.25, 0.3) is 0 Å². The Kier molecular flexibility index (Phi) is 6.12. The van der Waals surface area contributed by atoms with E-state index in [4.69, 9.17) is 11.6 Å². The van der Waals surface area contributed by atoms with Crippen LogP contribution in [0.4, 0.5) is 5.13 Å². The predicted molar refractivity (Wildman–Crippen MR) is 113 cm³/mol. The van der Waals surface area contributed by atoms with Crippen LogP contribution in [0.1, 0.15) is 18.2 Å². The SMILES string of the molecule is Cc1nc(NC(C)Cc2ccccc2)sc1-c1ccc(Cl)c(S(C)=O)c1. The van der Waals surface area contributed by atoms with Crippen molar-refractivity contribution in [1.82, 2.24) is 4.98 Å². The fraction of sp³-hybridized carbons (Fsp3) is 0.250. The van der Waals surface area contributed by atoms with Crippen LogP contribution < -0.4 is 5.32 Å². The zero-order valence-electron chi connectivity index (χ0n) is 15.0. The van der Waals surface area contributed by atoms with Crippen LogP contribution in [0.5, 0.6) is 0 Å². The highest BCUT2D eigenvalue weighted by atomic mass is 35.5. The van der Waals surface area contributed by atoms with E-state index in [0.29, 0.717) is 9.92 Å². The van der Waals surface area contributed by atoms with Crippen LogP contribution in [0.15, 0.2) is 53.4 Å². The molecular formula is C20H21ClN2OS2. The van der Waals surface area contributed by atoms with Gasteiger partial charge >= 0.3 is 0 Å². The Hall–Kier alpha value is -1.69. The molecule has 0 bridgehead atoms. The normalized spacial score (nSPS) is 13.4. The lowest BCUT2D eigenvalue weighted by atomic mass is 10.1. The number of anilines is 1. The van der Waals surface area contributed by atoms with Crippen LogP contribution >= 0.6 is 22.9 Å². The Labute approximate surface area is 165 Å². The van der Waals surface area contributed by atoms with Crippen molar-refractivity contribution < 1.29 is 4.21 Å². The standard InChI is InChI=1S/C20H21ClN2OS2/c1-13(11-15-7-5-4-6-8-15)22-20-23-14(2)19(25-20)16-9-10-17(21)18(12-16)26(3)24/h4-10,12-13H,11H2,1-3H3,(H,22,23). The molecule has 1 N–H and O–H groups in total. The Balaban J connectivity index is 1.79. The second-order valence-electron chi connectivity index (χ2n) is 6.27. The number of rotatable bonds is 6. The third kappa shape index (κ3) is 4.53. The average molecular weight is 405 g/mol. The van der Waals surface area contributed by atoms with Crippen molar-refractivity contribution in [3.05, 3.63) is 64.8 Å². The van der Waals surface area contributed by atoms with Crippen LogP contribution in [0.25, 0.3) is 10.4 Å². The lowest BCUT2D eigenvalue weighted by molar-refractivity contribution is 0.687. The molecule has 3 rings (SSSR count). The zero-order valence-corrected chi connectivity index (χ0v) is 17.3. The molecule has 1 heterocycles. The van der Waals surface area contributed by atoms with Gasteiger partial charge in [0, 0.05) is 12.3 Å². The van der Waals surface area contributed by atoms with Gasteiger partial charge in [-0.05, 0) is 43.5 Å². The fourth-order valence-corrected chi connectivity index (χ4v) is 4.97. The van der Waals surface area contributed by atoms with Gasteiger partial charge in [-0.25, -0.2) is 4.98 Å². The lowest BCUT2D eigenvalue weighted by Crippen LogP contribution is -2.17. The number of aryl methyl sites for hydroxylation is 1. The topological polar surface area (TPSA) is 42.0 Å². The number of benzene rings is 2. The van der Waals surface area contributed by atoms with E-state index in [-0.39, 0.29) is 6.04 Å². The van der Waals surface area contributed by atoms with Crippen molar-refractivity contribution >= 4 is 38.9 Å². The minimum Gasteiger partial charge on any atom is -0.359 e. The molecule has 0 saturated carbocycles. The largest absolute Gasteiger partial charge is 0.359 e. The third-order valence-electron chi connectivity index (χ3n) is 4.05. The van der Waals surface area contributed by atoms with E-state index in [1.165, 1.54) is 5.56 Å². The molecule has 2 aromatic carbocycles. The van der Waals surface area contributed by atoms with Gasteiger partial charge in [-0.1, -0.05) is 59.3 Å². The van der Waals surface area contributed by atoms with Crippen LogP contribution in [-0.4, -0.2) is 21.5 Å². The maximum atomic E-state index is 11.9. The van der Waals surface area contributed by atoms with E-state index in [1.54, 1.807) is 23.7 Å². The summed E-state index contributed by atoms with van der Waals surface area (Å²) in [6.45, 7) is 4.15. The van der Waals surface area contributed by atoms with Gasteiger partial charge < -0.3 is 5.32 Å². The first-order chi connectivity index (χ1) is 12.4. The molecule has 6 heteroatoms. The first kappa shape index (κ1) is 19.1. The summed E-state index contributed by atoms with van der Waals surface area (Å²) in [4.78, 5) is 6.39. The minimum absolute atomic E-state index is 0.278. The summed E-state index contributed by atoms with van der Waals surface area (Å²) in [6, 6.07) is 16.4. The highest BCUT2D eigenvalue weighted by Crippen LogP contribution is 2.35. The lowest BCUT2D eigenvalue weighted by Gasteiger charge is -2.12. The summed E-state index contributed by atoms with van der Waals surface area (Å²) in [7, 11) is -1.12. The molecule has 0 aliphatic heterocycles. The summed E-state index contributed by atoms with van der Waals surface area (Å²) in [6.07, 6.45) is 2.58. The number of hydrogen-bond acceptors (Lipinski definition) is 4. The van der Waals surface area contributed by atoms with Crippen molar-refractivity contribution in [1.29, 1.82) is 0 Å². The number of thiazole rings is 1. The molecule has 3 aromatic rings. The Bertz CT molecular complexity index is 925. The maximum Gasteiger partial charge on any atom is 0.183 e. The van der Waals surface area contributed by atoms with E-state index in [0.717, 1.165) is 27.7 Å². The Morgan fingerprint density at radius 3 is 2.65 bits per heavy atom. The van der Waals surface area contributed by atoms with Crippen molar-refractivity contribution in [2.75, 3.05) is 11.6 Å². The zero-order chi connectivity index (χ0) is 18.7. The molecule has 0 radical (unpaired) electrons. The summed E-state index contributed by atoms with van der Waals surface area (Å²) in [5, 5.41) is 4.92. The molecule has 0 amide bonds. The van der Waals surface area contributed by atoms with Gasteiger partial charge in [0.05, 0.1) is 31.3 Å². The van der Waals surface area contributed by atoms with Crippen LogP contribution in [0.3, 0.4) is 0 Å². The van der Waals surface area contributed by atoms with Crippen LogP contribution in [0, 0.1) is 6.92 Å². The second kappa shape index (κ2) is 8.33. The maximum absolute atomic E-state index is 11.9. The monoisotopic (exact) mass is 404 g/mol. The summed E-state index contributed by atoms with van der Waals surface area (Å²) in [5.74, 6) is 0. The number of halogens is 1. The summed E-state index contributed by atoms with van der Waals surface area (Å²) >= 11 is 7.77. The fourth-order valence-electron chi connectivity index (χ4n) is 2.82. The highest BCUT2D eigenvalue weighted by molar-refractivity contribution is 7.84. The first-order valence-corrected chi connectivity index (χ1v) is 11.1. The Morgan fingerprint density at radius 2 is 1.96 bits per heavy atom. The van der Waals surface area contributed by atoms with E-state index in [1.807, 2.05) is 25.1 Å². The van der Waals surface area contributed by atoms with E-state index in [9.17, 15) is 4.21 Å². The molecule has 0 saturated heterocycles. The van der Waals surface area contributed by atoms with Crippen molar-refractivity contribution in [2.45, 2.75) is 31.2 Å². The van der Waals surface area contributed by atoms with Crippen LogP contribution in [0.2, 0.25) is 5.02 Å². The number of nitrogens with zero attached hydrogens (tertiary/aromatic N) is 1. The van der Waals surface area contributed by atoms with Gasteiger partial charge in [-0.15, -0.1) is 0 Å². The Morgan fingerprint density at radius 1 is 1.23 bits per heavy atom. The van der Waals surface area contributed by atoms with Gasteiger partial charge in [0.1, 0.15) is 0 Å². The third-order valence-corrected chi connectivity index (χ3v) is 6.59. The van der Waals surface area contributed by atoms with Crippen molar-refractivity contribution in [3.8, 4) is 10.4 Å². The molecular weight excluding hydrogens is 384 g/mol. The van der Waals surface area contributed by atoms with Gasteiger partial charge in [0.2, 0.25) is 0 Å². The highest BCUT2D eigenvalue weighted by Gasteiger charge is 2.14. The van der Waals surface area contributed by atoms with Crippen molar-refractivity contribution in [3.63, 3.8) is 0 Å². The van der Waals surface area contributed by atoms with E-state index in [2.05, 4.69) is 41.5 Å². The molecule has 2 atom stereocenters. The predicted octanol–water partition coefficient (Wildman–Crippen LogP) is 5.55. The number of hydrogen-bond donors (Lipinski definition) is 1. The quantitative estimate of drug-likeness (QED) is 0.585. The molecule has 136 valence electrons. The van der Waals surface area contributed by atoms with Gasteiger partial charge in [0.15, 0.2) is 5.13 Å². The summed E-state index contributed by atoms with van der Waals surface area (Å²) < 4.78 is 11.9. The molecule has 3 nitrogen and oxygen atoms in total. The smallest absolute Gasteiger partial charge is 0.183 e. The number of aromatic nitrogens is 1. The van der Waals surface area contributed by atoms with E-state index >= 15 is 0 Å². The molecule has 2 unspecified atom stereocenters. The molecule has 0 spiro atoms. The molecule has 0 aliphatic carbocycles. The first-order valence-electron chi connectivity index (χ1n) is 8.35. The molecule has 26 heavy (non-hydrogen) atoms. The molecule has 0 fully saturated rings. The molecule has 1 aromatic heterocycles. The van der Waals surface area contributed by atoms with Gasteiger partial charge in [-0.3, -0.25) is 4.21 Å².